The molecule has 1 N–H and O–H groups in total. The van der Waals surface area contributed by atoms with Crippen LogP contribution in [0.4, 0.5) is 0 Å². The standard InChI is InChI=1S/C24H32N2O5/c1-2-3-7-16-30-20-10-8-19(9-11-20)21(27)12-13-23(29)31-17-22(28)26-24(18-25)14-5-4-6-15-24/h8-11H,2-7,12-17H2,1H3,(H,26,28). The summed E-state index contributed by atoms with van der Waals surface area (Å²) in [4.78, 5) is 36.3. The highest BCUT2D eigenvalue weighted by molar-refractivity contribution is 5.97. The van der Waals surface area contributed by atoms with Crippen molar-refractivity contribution in [2.24, 2.45) is 0 Å². The van der Waals surface area contributed by atoms with Gasteiger partial charge in [0.25, 0.3) is 5.91 Å². The van der Waals surface area contributed by atoms with Crippen molar-refractivity contribution in [2.75, 3.05) is 13.2 Å². The number of benzene rings is 1. The number of nitrogens with one attached hydrogen (secondary N) is 1. The van der Waals surface area contributed by atoms with Gasteiger partial charge in [-0.3, -0.25) is 14.4 Å². The molecule has 1 aliphatic carbocycles. The van der Waals surface area contributed by atoms with Crippen LogP contribution < -0.4 is 10.1 Å². The van der Waals surface area contributed by atoms with Crippen molar-refractivity contribution in [1.82, 2.24) is 5.32 Å². The zero-order chi connectivity index (χ0) is 22.5. The maximum absolute atomic E-state index is 12.3. The summed E-state index contributed by atoms with van der Waals surface area (Å²) in [6, 6.07) is 9.05. The molecule has 0 unspecified atom stereocenters. The van der Waals surface area contributed by atoms with Crippen molar-refractivity contribution >= 4 is 17.7 Å². The average molecular weight is 429 g/mol. The van der Waals surface area contributed by atoms with E-state index in [0.29, 0.717) is 30.8 Å². The number of nitrogens with zero attached hydrogens (tertiary/aromatic N) is 1. The second-order valence-corrected chi connectivity index (χ2v) is 7.97. The molecule has 0 heterocycles. The van der Waals surface area contributed by atoms with Crippen LogP contribution in [0.2, 0.25) is 0 Å². The largest absolute Gasteiger partial charge is 0.494 e. The van der Waals surface area contributed by atoms with Crippen LogP contribution in [0.5, 0.6) is 5.75 Å². The molecule has 31 heavy (non-hydrogen) atoms. The summed E-state index contributed by atoms with van der Waals surface area (Å²) in [5, 5.41) is 12.1. The molecule has 1 amide bonds. The molecule has 0 aromatic heterocycles. The van der Waals surface area contributed by atoms with E-state index in [2.05, 4.69) is 18.3 Å². The lowest BCUT2D eigenvalue weighted by Gasteiger charge is -2.31. The van der Waals surface area contributed by atoms with E-state index in [4.69, 9.17) is 9.47 Å². The average Bonchev–Trinajstić information content (AvgIpc) is 2.80. The summed E-state index contributed by atoms with van der Waals surface area (Å²) < 4.78 is 10.6. The van der Waals surface area contributed by atoms with Gasteiger partial charge in [0.15, 0.2) is 12.4 Å². The van der Waals surface area contributed by atoms with Crippen LogP contribution in [0.25, 0.3) is 0 Å². The smallest absolute Gasteiger partial charge is 0.306 e. The third-order valence-corrected chi connectivity index (χ3v) is 5.41. The summed E-state index contributed by atoms with van der Waals surface area (Å²) in [7, 11) is 0. The fourth-order valence-corrected chi connectivity index (χ4v) is 3.58. The van der Waals surface area contributed by atoms with E-state index in [1.165, 1.54) is 0 Å². The molecule has 1 saturated carbocycles. The summed E-state index contributed by atoms with van der Waals surface area (Å²) in [6.45, 7) is 2.34. The molecule has 7 nitrogen and oxygen atoms in total. The van der Waals surface area contributed by atoms with E-state index in [9.17, 15) is 19.6 Å². The number of ether oxygens (including phenoxy) is 2. The molecule has 0 radical (unpaired) electrons. The number of rotatable bonds is 12. The number of Topliss-reactive ketones (excluding diaryl/α,β-unsaturated/α-hetero) is 1. The SMILES string of the molecule is CCCCCOc1ccc(C(=O)CCC(=O)OCC(=O)NC2(C#N)CCCCC2)cc1. The lowest BCUT2D eigenvalue weighted by molar-refractivity contribution is -0.148. The molecule has 1 fully saturated rings. The lowest BCUT2D eigenvalue weighted by Crippen LogP contribution is -2.50. The normalized spacial score (nSPS) is 14.8. The molecule has 168 valence electrons. The third kappa shape index (κ3) is 8.41. The Labute approximate surface area is 184 Å². The van der Waals surface area contributed by atoms with Crippen LogP contribution in [0, 0.1) is 11.3 Å². The highest BCUT2D eigenvalue weighted by atomic mass is 16.5. The Bertz CT molecular complexity index is 776. The Morgan fingerprint density at radius 2 is 1.77 bits per heavy atom. The van der Waals surface area contributed by atoms with Gasteiger partial charge in [0.1, 0.15) is 11.3 Å². The van der Waals surface area contributed by atoms with Gasteiger partial charge in [-0.05, 0) is 43.5 Å². The number of unbranched alkanes of at least 4 members (excludes halogenated alkanes) is 2. The second kappa shape index (κ2) is 12.7. The van der Waals surface area contributed by atoms with E-state index < -0.39 is 24.0 Å². The number of hydrogen-bond donors (Lipinski definition) is 1. The van der Waals surface area contributed by atoms with Gasteiger partial charge in [0.05, 0.1) is 19.1 Å². The third-order valence-electron chi connectivity index (χ3n) is 5.41. The van der Waals surface area contributed by atoms with Gasteiger partial charge in [-0.1, -0.05) is 39.0 Å². The van der Waals surface area contributed by atoms with Gasteiger partial charge < -0.3 is 14.8 Å². The fourth-order valence-electron chi connectivity index (χ4n) is 3.58. The minimum Gasteiger partial charge on any atom is -0.494 e. The minimum atomic E-state index is -0.858. The topological polar surface area (TPSA) is 105 Å². The van der Waals surface area contributed by atoms with Crippen LogP contribution in [-0.2, 0) is 14.3 Å². The van der Waals surface area contributed by atoms with Gasteiger partial charge in [-0.25, -0.2) is 0 Å². The molecule has 1 aromatic carbocycles. The van der Waals surface area contributed by atoms with Crippen LogP contribution in [-0.4, -0.2) is 36.4 Å². The molecule has 0 saturated heterocycles. The first-order chi connectivity index (χ1) is 15.0. The molecule has 0 spiro atoms. The predicted molar refractivity (Wildman–Crippen MR) is 116 cm³/mol. The van der Waals surface area contributed by atoms with Gasteiger partial charge in [0.2, 0.25) is 0 Å². The number of carbonyl (C=O) groups is 3. The number of carbonyl (C=O) groups excluding carboxylic acids is 3. The Kier molecular flexibility index (Phi) is 10.0. The molecule has 2 rings (SSSR count). The summed E-state index contributed by atoms with van der Waals surface area (Å²) >= 11 is 0. The van der Waals surface area contributed by atoms with Crippen LogP contribution in [0.1, 0.15) is 81.5 Å². The van der Waals surface area contributed by atoms with E-state index in [-0.39, 0.29) is 18.6 Å². The van der Waals surface area contributed by atoms with Crippen LogP contribution in [0.15, 0.2) is 24.3 Å². The summed E-state index contributed by atoms with van der Waals surface area (Å²) in [6.07, 6.45) is 7.19. The highest BCUT2D eigenvalue weighted by Crippen LogP contribution is 2.27. The predicted octanol–water partition coefficient (Wildman–Crippen LogP) is 4.10. The highest BCUT2D eigenvalue weighted by Gasteiger charge is 2.33. The van der Waals surface area contributed by atoms with E-state index >= 15 is 0 Å². The van der Waals surface area contributed by atoms with E-state index in [1.807, 2.05) is 0 Å². The zero-order valence-corrected chi connectivity index (χ0v) is 18.3. The molecule has 0 bridgehead atoms. The van der Waals surface area contributed by atoms with Gasteiger partial charge in [-0.2, -0.15) is 5.26 Å². The van der Waals surface area contributed by atoms with Crippen LogP contribution >= 0.6 is 0 Å². The molecule has 1 aliphatic rings. The Morgan fingerprint density at radius 3 is 2.42 bits per heavy atom. The fraction of sp³-hybridized carbons (Fsp3) is 0.583. The Balaban J connectivity index is 1.69. The Hall–Kier alpha value is -2.88. The molecule has 0 atom stereocenters. The van der Waals surface area contributed by atoms with Crippen molar-refractivity contribution in [3.8, 4) is 11.8 Å². The molecule has 0 aliphatic heterocycles. The maximum atomic E-state index is 12.3. The molecule has 1 aromatic rings. The number of hydrogen-bond acceptors (Lipinski definition) is 6. The van der Waals surface area contributed by atoms with Crippen molar-refractivity contribution in [2.45, 2.75) is 76.7 Å². The zero-order valence-electron chi connectivity index (χ0n) is 18.3. The number of ketones is 1. The minimum absolute atomic E-state index is 0.000705. The van der Waals surface area contributed by atoms with E-state index in [1.54, 1.807) is 24.3 Å². The van der Waals surface area contributed by atoms with Crippen molar-refractivity contribution in [3.63, 3.8) is 0 Å². The first kappa shape index (κ1) is 24.4. The number of nitriles is 1. The summed E-state index contributed by atoms with van der Waals surface area (Å²) in [5.41, 5.74) is -0.358. The maximum Gasteiger partial charge on any atom is 0.306 e. The van der Waals surface area contributed by atoms with Gasteiger partial charge in [-0.15, -0.1) is 0 Å². The first-order valence-electron chi connectivity index (χ1n) is 11.1. The molecular weight excluding hydrogens is 396 g/mol. The number of amides is 1. The monoisotopic (exact) mass is 428 g/mol. The molecule has 7 heteroatoms. The van der Waals surface area contributed by atoms with E-state index in [0.717, 1.165) is 38.5 Å². The quantitative estimate of drug-likeness (QED) is 0.305. The van der Waals surface area contributed by atoms with Crippen LogP contribution in [0.3, 0.4) is 0 Å². The Morgan fingerprint density at radius 1 is 1.06 bits per heavy atom. The van der Waals surface area contributed by atoms with Crippen molar-refractivity contribution < 1.29 is 23.9 Å². The second-order valence-electron chi connectivity index (χ2n) is 7.97. The van der Waals surface area contributed by atoms with Gasteiger partial charge >= 0.3 is 5.97 Å². The molecular formula is C24H32N2O5. The lowest BCUT2D eigenvalue weighted by atomic mass is 9.83. The summed E-state index contributed by atoms with van der Waals surface area (Å²) in [5.74, 6) is -0.567. The van der Waals surface area contributed by atoms with Gasteiger partial charge in [0, 0.05) is 12.0 Å². The van der Waals surface area contributed by atoms with Crippen molar-refractivity contribution in [1.29, 1.82) is 5.26 Å². The van der Waals surface area contributed by atoms with Crippen molar-refractivity contribution in [3.05, 3.63) is 29.8 Å². The first-order valence-corrected chi connectivity index (χ1v) is 11.1. The number of esters is 1.